The second-order valence-corrected chi connectivity index (χ2v) is 7.87. The van der Waals surface area contributed by atoms with E-state index in [-0.39, 0.29) is 5.97 Å². The van der Waals surface area contributed by atoms with E-state index in [2.05, 4.69) is 28.0 Å². The molecule has 1 saturated heterocycles. The lowest BCUT2D eigenvalue weighted by molar-refractivity contribution is -0.131. The maximum atomic E-state index is 11.0. The van der Waals surface area contributed by atoms with Gasteiger partial charge in [0.25, 0.3) is 0 Å². The van der Waals surface area contributed by atoms with Gasteiger partial charge in [-0.25, -0.2) is 0 Å². The van der Waals surface area contributed by atoms with Crippen molar-refractivity contribution >= 4 is 11.7 Å². The Kier molecular flexibility index (Phi) is 6.35. The molecule has 2 aromatic carbocycles. The number of rotatable bonds is 7. The van der Waals surface area contributed by atoms with Gasteiger partial charge in [-0.2, -0.15) is 0 Å². The van der Waals surface area contributed by atoms with Gasteiger partial charge in [0.15, 0.2) is 0 Å². The van der Waals surface area contributed by atoms with Crippen molar-refractivity contribution < 1.29 is 14.3 Å². The number of hydrogen-bond acceptors (Lipinski definition) is 5. The predicted octanol–water partition coefficient (Wildman–Crippen LogP) is 3.69. The summed E-state index contributed by atoms with van der Waals surface area (Å²) in [4.78, 5) is 15.9. The van der Waals surface area contributed by atoms with Crippen LogP contribution >= 0.6 is 0 Å². The summed E-state index contributed by atoms with van der Waals surface area (Å²) in [6, 6.07) is 14.3. The topological polar surface area (TPSA) is 42.0 Å². The molecule has 0 amide bonds. The summed E-state index contributed by atoms with van der Waals surface area (Å²) in [7, 11) is 0. The second kappa shape index (κ2) is 9.31. The van der Waals surface area contributed by atoms with Crippen molar-refractivity contribution in [3.63, 3.8) is 0 Å². The second-order valence-electron chi connectivity index (χ2n) is 7.87. The third-order valence-corrected chi connectivity index (χ3v) is 5.81. The average molecular weight is 395 g/mol. The lowest BCUT2D eigenvalue weighted by Gasteiger charge is -2.36. The number of benzene rings is 2. The first-order valence-electron chi connectivity index (χ1n) is 10.7. The van der Waals surface area contributed by atoms with E-state index in [4.69, 9.17) is 9.47 Å². The van der Waals surface area contributed by atoms with Gasteiger partial charge < -0.3 is 14.4 Å². The van der Waals surface area contributed by atoms with Crippen LogP contribution in [-0.4, -0.2) is 50.2 Å². The number of aryl methyl sites for hydroxylation is 1. The standard InChI is InChI=1S/C24H30N2O3/c1-19(27)29-22-11-9-21(10-12-22)26-16-14-25(15-17-26)13-4-18-28-24-8-3-6-20-5-2-7-23(20)24/h3,6,8-12H,2,4-5,7,13-18H2,1H3. The van der Waals surface area contributed by atoms with Crippen LogP contribution in [0.3, 0.4) is 0 Å². The molecule has 1 heterocycles. The molecule has 1 aliphatic heterocycles. The number of piperazine rings is 1. The van der Waals surface area contributed by atoms with Crippen molar-refractivity contribution in [3.8, 4) is 11.5 Å². The molecular weight excluding hydrogens is 364 g/mol. The molecule has 5 heteroatoms. The maximum absolute atomic E-state index is 11.0. The largest absolute Gasteiger partial charge is 0.493 e. The number of ether oxygens (including phenoxy) is 2. The van der Waals surface area contributed by atoms with Crippen LogP contribution in [0.25, 0.3) is 0 Å². The number of carbonyl (C=O) groups excluding carboxylic acids is 1. The van der Waals surface area contributed by atoms with Crippen molar-refractivity contribution in [1.29, 1.82) is 0 Å². The molecule has 0 aromatic heterocycles. The van der Waals surface area contributed by atoms with Gasteiger partial charge in [-0.1, -0.05) is 12.1 Å². The number of esters is 1. The van der Waals surface area contributed by atoms with E-state index in [1.165, 1.54) is 36.6 Å². The first kappa shape index (κ1) is 19.8. The highest BCUT2D eigenvalue weighted by molar-refractivity contribution is 5.69. The minimum absolute atomic E-state index is 0.285. The number of fused-ring (bicyclic) bond motifs is 1. The lowest BCUT2D eigenvalue weighted by Crippen LogP contribution is -2.46. The Hall–Kier alpha value is -2.53. The third-order valence-electron chi connectivity index (χ3n) is 5.81. The number of nitrogens with zero attached hydrogens (tertiary/aromatic N) is 2. The number of carbonyl (C=O) groups is 1. The number of hydrogen-bond donors (Lipinski definition) is 0. The zero-order chi connectivity index (χ0) is 20.1. The van der Waals surface area contributed by atoms with Gasteiger partial charge in [0, 0.05) is 45.3 Å². The Morgan fingerprint density at radius 3 is 2.55 bits per heavy atom. The summed E-state index contributed by atoms with van der Waals surface area (Å²) in [5.74, 6) is 1.41. The molecule has 0 saturated carbocycles. The summed E-state index contributed by atoms with van der Waals surface area (Å²) in [6.45, 7) is 7.44. The molecular formula is C24H30N2O3. The fourth-order valence-electron chi connectivity index (χ4n) is 4.31. The monoisotopic (exact) mass is 394 g/mol. The molecule has 1 fully saturated rings. The van der Waals surface area contributed by atoms with E-state index in [1.54, 1.807) is 0 Å². The first-order chi connectivity index (χ1) is 14.2. The Morgan fingerprint density at radius 1 is 1.00 bits per heavy atom. The molecule has 2 aliphatic rings. The fourth-order valence-corrected chi connectivity index (χ4v) is 4.31. The first-order valence-corrected chi connectivity index (χ1v) is 10.7. The van der Waals surface area contributed by atoms with Gasteiger partial charge in [-0.15, -0.1) is 0 Å². The maximum Gasteiger partial charge on any atom is 0.308 e. The summed E-state index contributed by atoms with van der Waals surface area (Å²) in [5, 5.41) is 0. The molecule has 5 nitrogen and oxygen atoms in total. The van der Waals surface area contributed by atoms with E-state index in [0.717, 1.165) is 57.9 Å². The van der Waals surface area contributed by atoms with Crippen LogP contribution in [0.1, 0.15) is 30.9 Å². The van der Waals surface area contributed by atoms with E-state index < -0.39 is 0 Å². The van der Waals surface area contributed by atoms with Crippen LogP contribution in [0, 0.1) is 0 Å². The lowest BCUT2D eigenvalue weighted by atomic mass is 10.1. The van der Waals surface area contributed by atoms with Gasteiger partial charge >= 0.3 is 5.97 Å². The van der Waals surface area contributed by atoms with Crippen LogP contribution in [0.5, 0.6) is 11.5 Å². The van der Waals surface area contributed by atoms with Crippen LogP contribution in [0.4, 0.5) is 5.69 Å². The SMILES string of the molecule is CC(=O)Oc1ccc(N2CCN(CCCOc3cccc4c3CCC4)CC2)cc1. The van der Waals surface area contributed by atoms with Crippen molar-refractivity contribution in [2.45, 2.75) is 32.6 Å². The van der Waals surface area contributed by atoms with Gasteiger partial charge in [0.05, 0.1) is 6.61 Å². The zero-order valence-corrected chi connectivity index (χ0v) is 17.2. The van der Waals surface area contributed by atoms with Crippen molar-refractivity contribution in [1.82, 2.24) is 4.90 Å². The molecule has 29 heavy (non-hydrogen) atoms. The average Bonchev–Trinajstić information content (AvgIpc) is 3.21. The molecule has 0 unspecified atom stereocenters. The quantitative estimate of drug-likeness (QED) is 0.407. The summed E-state index contributed by atoms with van der Waals surface area (Å²) < 4.78 is 11.2. The minimum Gasteiger partial charge on any atom is -0.493 e. The summed E-state index contributed by atoms with van der Waals surface area (Å²) in [5.41, 5.74) is 4.09. The van der Waals surface area contributed by atoms with E-state index in [0.29, 0.717) is 5.75 Å². The summed E-state index contributed by atoms with van der Waals surface area (Å²) >= 11 is 0. The Balaban J connectivity index is 1.18. The van der Waals surface area contributed by atoms with Crippen LogP contribution in [0.2, 0.25) is 0 Å². The molecule has 0 N–H and O–H groups in total. The van der Waals surface area contributed by atoms with E-state index >= 15 is 0 Å². The van der Waals surface area contributed by atoms with Gasteiger partial charge in [0.1, 0.15) is 11.5 Å². The highest BCUT2D eigenvalue weighted by Crippen LogP contribution is 2.30. The van der Waals surface area contributed by atoms with Crippen LogP contribution in [0.15, 0.2) is 42.5 Å². The molecule has 0 radical (unpaired) electrons. The Bertz CT molecular complexity index is 827. The molecule has 154 valence electrons. The molecule has 0 atom stereocenters. The predicted molar refractivity (Wildman–Crippen MR) is 115 cm³/mol. The highest BCUT2D eigenvalue weighted by Gasteiger charge is 2.18. The Labute approximate surface area is 173 Å². The highest BCUT2D eigenvalue weighted by atomic mass is 16.5. The Morgan fingerprint density at radius 2 is 1.79 bits per heavy atom. The van der Waals surface area contributed by atoms with Crippen molar-refractivity contribution in [2.24, 2.45) is 0 Å². The van der Waals surface area contributed by atoms with E-state index in [9.17, 15) is 4.79 Å². The van der Waals surface area contributed by atoms with Crippen molar-refractivity contribution in [3.05, 3.63) is 53.6 Å². The summed E-state index contributed by atoms with van der Waals surface area (Å²) in [6.07, 6.45) is 4.67. The van der Waals surface area contributed by atoms with Crippen LogP contribution in [-0.2, 0) is 17.6 Å². The van der Waals surface area contributed by atoms with E-state index in [1.807, 2.05) is 24.3 Å². The third kappa shape index (κ3) is 5.10. The van der Waals surface area contributed by atoms with Gasteiger partial charge in [0.2, 0.25) is 0 Å². The molecule has 1 aliphatic carbocycles. The number of anilines is 1. The minimum atomic E-state index is -0.285. The smallest absolute Gasteiger partial charge is 0.308 e. The molecule has 0 spiro atoms. The normalized spacial score (nSPS) is 16.5. The van der Waals surface area contributed by atoms with Gasteiger partial charge in [-0.3, -0.25) is 9.69 Å². The van der Waals surface area contributed by atoms with Crippen LogP contribution < -0.4 is 14.4 Å². The zero-order valence-electron chi connectivity index (χ0n) is 17.2. The van der Waals surface area contributed by atoms with Crippen molar-refractivity contribution in [2.75, 3.05) is 44.2 Å². The fraction of sp³-hybridized carbons (Fsp3) is 0.458. The van der Waals surface area contributed by atoms with Gasteiger partial charge in [-0.05, 0) is 67.1 Å². The molecule has 0 bridgehead atoms. The molecule has 2 aromatic rings. The molecule has 4 rings (SSSR count).